The van der Waals surface area contributed by atoms with E-state index in [-0.39, 0.29) is 23.2 Å². The van der Waals surface area contributed by atoms with Crippen LogP contribution in [-0.2, 0) is 12.8 Å². The predicted octanol–water partition coefficient (Wildman–Crippen LogP) is 4.27. The van der Waals surface area contributed by atoms with Crippen LogP contribution in [-0.4, -0.2) is 15.8 Å². The maximum absolute atomic E-state index is 10.2. The largest absolute Gasteiger partial charge is 0.508 e. The van der Waals surface area contributed by atoms with Gasteiger partial charge in [0.15, 0.2) is 11.5 Å². The van der Waals surface area contributed by atoms with Gasteiger partial charge in [0.05, 0.1) is 0 Å². The van der Waals surface area contributed by atoms with Crippen molar-refractivity contribution in [1.82, 2.24) is 0 Å². The summed E-state index contributed by atoms with van der Waals surface area (Å²) in [6.45, 7) is 4.08. The van der Waals surface area contributed by atoms with Gasteiger partial charge in [-0.05, 0) is 62.8 Å². The summed E-state index contributed by atoms with van der Waals surface area (Å²) < 4.78 is 12.2. The molecule has 0 saturated carbocycles. The van der Waals surface area contributed by atoms with Gasteiger partial charge in [-0.2, -0.15) is 0 Å². The first-order chi connectivity index (χ1) is 11.4. The number of phenols is 2. The fourth-order valence-electron chi connectivity index (χ4n) is 3.63. The van der Waals surface area contributed by atoms with Crippen LogP contribution in [0.4, 0.5) is 0 Å². The molecule has 4 rings (SSSR count). The predicted molar refractivity (Wildman–Crippen MR) is 90.9 cm³/mol. The zero-order valence-corrected chi connectivity index (χ0v) is 14.0. The molecule has 0 aromatic heterocycles. The van der Waals surface area contributed by atoms with Crippen LogP contribution in [0, 0.1) is 0 Å². The van der Waals surface area contributed by atoms with Crippen molar-refractivity contribution in [1.29, 1.82) is 0 Å². The van der Waals surface area contributed by atoms with Crippen LogP contribution in [0.3, 0.4) is 0 Å². The second kappa shape index (κ2) is 5.33. The Morgan fingerprint density at radius 2 is 1.92 bits per heavy atom. The van der Waals surface area contributed by atoms with Gasteiger partial charge in [0.25, 0.3) is 0 Å². The van der Waals surface area contributed by atoms with Gasteiger partial charge < -0.3 is 19.7 Å². The Labute approximate surface area is 141 Å². The van der Waals surface area contributed by atoms with Gasteiger partial charge in [-0.25, -0.2) is 0 Å². The maximum atomic E-state index is 10.2. The SMILES string of the molecule is CC1(C)CCc2c(C3CCc4ccc(O)cc4O3)ccc(O)c2O1. The molecule has 1 unspecified atom stereocenters. The molecule has 0 saturated heterocycles. The van der Waals surface area contributed by atoms with E-state index in [1.54, 1.807) is 18.2 Å². The Morgan fingerprint density at radius 1 is 1.08 bits per heavy atom. The third-order valence-corrected chi connectivity index (χ3v) is 4.97. The van der Waals surface area contributed by atoms with Crippen LogP contribution in [0.1, 0.15) is 49.5 Å². The van der Waals surface area contributed by atoms with Crippen molar-refractivity contribution in [2.45, 2.75) is 51.2 Å². The quantitative estimate of drug-likeness (QED) is 0.822. The fourth-order valence-corrected chi connectivity index (χ4v) is 3.63. The van der Waals surface area contributed by atoms with Crippen LogP contribution in [0.5, 0.6) is 23.0 Å². The lowest BCUT2D eigenvalue weighted by Gasteiger charge is -2.36. The van der Waals surface area contributed by atoms with E-state index in [0.29, 0.717) is 5.75 Å². The molecule has 2 N–H and O–H groups in total. The molecule has 0 aliphatic carbocycles. The highest BCUT2D eigenvalue weighted by Crippen LogP contribution is 2.45. The molecule has 2 aliphatic rings. The lowest BCUT2D eigenvalue weighted by atomic mass is 9.87. The van der Waals surface area contributed by atoms with Crippen molar-refractivity contribution >= 4 is 0 Å². The van der Waals surface area contributed by atoms with Gasteiger partial charge in [-0.3, -0.25) is 0 Å². The summed E-state index contributed by atoms with van der Waals surface area (Å²) in [4.78, 5) is 0. The average Bonchev–Trinajstić information content (AvgIpc) is 2.54. The van der Waals surface area contributed by atoms with Crippen molar-refractivity contribution < 1.29 is 19.7 Å². The third kappa shape index (κ3) is 2.56. The molecule has 1 atom stereocenters. The summed E-state index contributed by atoms with van der Waals surface area (Å²) in [6, 6.07) is 8.92. The van der Waals surface area contributed by atoms with E-state index < -0.39 is 0 Å². The van der Waals surface area contributed by atoms with Crippen molar-refractivity contribution in [2.24, 2.45) is 0 Å². The highest BCUT2D eigenvalue weighted by atomic mass is 16.5. The van der Waals surface area contributed by atoms with E-state index in [0.717, 1.165) is 48.1 Å². The number of aromatic hydroxyl groups is 2. The van der Waals surface area contributed by atoms with Crippen molar-refractivity contribution in [3.05, 3.63) is 47.0 Å². The molecule has 4 nitrogen and oxygen atoms in total. The number of hydrogen-bond donors (Lipinski definition) is 2. The zero-order valence-electron chi connectivity index (χ0n) is 14.0. The molecule has 2 heterocycles. The summed E-state index contributed by atoms with van der Waals surface area (Å²) >= 11 is 0. The minimum Gasteiger partial charge on any atom is -0.508 e. The second-order valence-corrected chi connectivity index (χ2v) is 7.28. The lowest BCUT2D eigenvalue weighted by Crippen LogP contribution is -2.33. The molecule has 0 amide bonds. The van der Waals surface area contributed by atoms with Gasteiger partial charge in [0.2, 0.25) is 0 Å². The van der Waals surface area contributed by atoms with Gasteiger partial charge in [0, 0.05) is 11.6 Å². The number of benzene rings is 2. The highest BCUT2D eigenvalue weighted by molar-refractivity contribution is 5.53. The van der Waals surface area contributed by atoms with Crippen LogP contribution in [0.25, 0.3) is 0 Å². The molecule has 126 valence electrons. The monoisotopic (exact) mass is 326 g/mol. The van der Waals surface area contributed by atoms with E-state index >= 15 is 0 Å². The summed E-state index contributed by atoms with van der Waals surface area (Å²) in [5.74, 6) is 1.74. The molecule has 4 heteroatoms. The number of phenolic OH excluding ortho intramolecular Hbond substituents is 2. The van der Waals surface area contributed by atoms with Gasteiger partial charge in [-0.1, -0.05) is 12.1 Å². The smallest absolute Gasteiger partial charge is 0.165 e. The number of rotatable bonds is 1. The summed E-state index contributed by atoms with van der Waals surface area (Å²) in [7, 11) is 0. The molecule has 0 fully saturated rings. The maximum Gasteiger partial charge on any atom is 0.165 e. The zero-order chi connectivity index (χ0) is 16.9. The lowest BCUT2D eigenvalue weighted by molar-refractivity contribution is 0.0785. The van der Waals surface area contributed by atoms with Crippen LogP contribution in [0.15, 0.2) is 30.3 Å². The molecular weight excluding hydrogens is 304 g/mol. The first kappa shape index (κ1) is 15.2. The van der Waals surface area contributed by atoms with Crippen LogP contribution in [0.2, 0.25) is 0 Å². The van der Waals surface area contributed by atoms with Crippen LogP contribution >= 0.6 is 0 Å². The molecular formula is C20H22O4. The Balaban J connectivity index is 1.71. The summed E-state index contributed by atoms with van der Waals surface area (Å²) in [5.41, 5.74) is 2.97. The molecule has 2 aromatic rings. The third-order valence-electron chi connectivity index (χ3n) is 4.97. The number of ether oxygens (including phenoxy) is 2. The van der Waals surface area contributed by atoms with E-state index in [4.69, 9.17) is 9.47 Å². The standard InChI is InChI=1S/C20H22O4/c1-20(2)10-9-15-14(6-7-16(22)19(15)24-20)17-8-4-12-3-5-13(21)11-18(12)23-17/h3,5-7,11,17,21-22H,4,8-10H2,1-2H3. The van der Waals surface area contributed by atoms with E-state index in [9.17, 15) is 10.2 Å². The molecule has 0 bridgehead atoms. The van der Waals surface area contributed by atoms with E-state index in [2.05, 4.69) is 0 Å². The molecule has 24 heavy (non-hydrogen) atoms. The van der Waals surface area contributed by atoms with Crippen molar-refractivity contribution in [2.75, 3.05) is 0 Å². The van der Waals surface area contributed by atoms with Gasteiger partial charge >= 0.3 is 0 Å². The summed E-state index contributed by atoms with van der Waals surface area (Å²) in [5, 5.41) is 19.9. The van der Waals surface area contributed by atoms with Crippen molar-refractivity contribution in [3.63, 3.8) is 0 Å². The van der Waals surface area contributed by atoms with Crippen LogP contribution < -0.4 is 9.47 Å². The normalized spacial score (nSPS) is 21.2. The minimum atomic E-state index is -0.269. The number of aryl methyl sites for hydroxylation is 1. The van der Waals surface area contributed by atoms with Gasteiger partial charge in [0.1, 0.15) is 23.2 Å². The Morgan fingerprint density at radius 3 is 2.75 bits per heavy atom. The van der Waals surface area contributed by atoms with Gasteiger partial charge in [-0.15, -0.1) is 0 Å². The second-order valence-electron chi connectivity index (χ2n) is 7.28. The number of hydrogen-bond acceptors (Lipinski definition) is 4. The molecule has 0 spiro atoms. The highest BCUT2D eigenvalue weighted by Gasteiger charge is 2.33. The number of fused-ring (bicyclic) bond motifs is 2. The average molecular weight is 326 g/mol. The van der Waals surface area contributed by atoms with E-state index in [1.165, 1.54) is 0 Å². The Bertz CT molecular complexity index is 794. The molecule has 0 radical (unpaired) electrons. The first-order valence-corrected chi connectivity index (χ1v) is 8.45. The molecule has 2 aliphatic heterocycles. The van der Waals surface area contributed by atoms with E-state index in [1.807, 2.05) is 26.0 Å². The van der Waals surface area contributed by atoms with Crippen molar-refractivity contribution in [3.8, 4) is 23.0 Å². The minimum absolute atomic E-state index is 0.0848. The molecule has 2 aromatic carbocycles. The summed E-state index contributed by atoms with van der Waals surface area (Å²) in [6.07, 6.45) is 3.46. The fraction of sp³-hybridized carbons (Fsp3) is 0.400. The Hall–Kier alpha value is -2.36. The topological polar surface area (TPSA) is 58.9 Å². The first-order valence-electron chi connectivity index (χ1n) is 8.45. The Kier molecular flexibility index (Phi) is 3.37.